The molecule has 12 heteroatoms. The van der Waals surface area contributed by atoms with Gasteiger partial charge < -0.3 is 16.0 Å². The van der Waals surface area contributed by atoms with Crippen LogP contribution in [0.25, 0.3) is 0 Å². The van der Waals surface area contributed by atoms with Gasteiger partial charge in [0.05, 0.1) is 17.8 Å². The second-order valence-electron chi connectivity index (χ2n) is 8.46. The molecule has 35 heavy (non-hydrogen) atoms. The van der Waals surface area contributed by atoms with E-state index in [0.29, 0.717) is 36.2 Å². The van der Waals surface area contributed by atoms with Gasteiger partial charge in [0.25, 0.3) is 5.91 Å². The zero-order valence-corrected chi connectivity index (χ0v) is 18.6. The second-order valence-corrected chi connectivity index (χ2v) is 8.46. The van der Waals surface area contributed by atoms with Crippen molar-refractivity contribution >= 4 is 23.4 Å². The largest absolute Gasteiger partial charge is 0.416 e. The highest BCUT2D eigenvalue weighted by Crippen LogP contribution is 2.29. The lowest BCUT2D eigenvalue weighted by molar-refractivity contribution is -0.137. The molecule has 1 heterocycles. The highest BCUT2D eigenvalue weighted by atomic mass is 19.4. The van der Waals surface area contributed by atoms with E-state index in [9.17, 15) is 27.6 Å². The monoisotopic (exact) mass is 488 g/mol. The zero-order valence-electron chi connectivity index (χ0n) is 18.6. The van der Waals surface area contributed by atoms with E-state index in [-0.39, 0.29) is 23.6 Å². The Balaban J connectivity index is 1.30. The van der Waals surface area contributed by atoms with E-state index < -0.39 is 30.1 Å². The first-order valence-corrected chi connectivity index (χ1v) is 11.1. The zero-order chi connectivity index (χ0) is 25.0. The van der Waals surface area contributed by atoms with Crippen molar-refractivity contribution in [2.45, 2.75) is 50.4 Å². The number of alkyl halides is 3. The standard InChI is InChI=1S/C23H23F3N6O3/c24-23(25,26)15-5-3-4-13(10-15)21(34)27-12-20(33)28-16-6-1-2-7-17(16)29-22(35)14-8-9-18-19(11-14)31-32-30-18/h3-5,8-10,16-17H,1-2,6-7,11-12H2,(H,27,34)(H,28,33)(H,29,35)/t16-,17+/m1/s1. The number of benzene rings is 1. The lowest BCUT2D eigenvalue weighted by Gasteiger charge is -2.33. The van der Waals surface area contributed by atoms with E-state index in [1.165, 1.54) is 6.07 Å². The van der Waals surface area contributed by atoms with E-state index in [2.05, 4.69) is 31.4 Å². The van der Waals surface area contributed by atoms with Crippen molar-refractivity contribution in [2.24, 2.45) is 15.4 Å². The average Bonchev–Trinajstić information content (AvgIpc) is 3.31. The van der Waals surface area contributed by atoms with Crippen molar-refractivity contribution in [3.63, 3.8) is 0 Å². The summed E-state index contributed by atoms with van der Waals surface area (Å²) in [4.78, 5) is 37.5. The Hall–Kier alpha value is -3.83. The number of hydrogen-bond acceptors (Lipinski definition) is 6. The molecule has 9 nitrogen and oxygen atoms in total. The number of allylic oxidation sites excluding steroid dienone is 3. The van der Waals surface area contributed by atoms with Crippen LogP contribution in [0.5, 0.6) is 0 Å². The molecule has 0 radical (unpaired) electrons. The Bertz CT molecular complexity index is 1160. The Morgan fingerprint density at radius 1 is 1.00 bits per heavy atom. The third-order valence-electron chi connectivity index (χ3n) is 6.00. The molecular weight excluding hydrogens is 465 g/mol. The molecule has 4 rings (SSSR count). The van der Waals surface area contributed by atoms with Gasteiger partial charge in [0.2, 0.25) is 11.8 Å². The number of carbonyl (C=O) groups excluding carboxylic acids is 3. The number of fused-ring (bicyclic) bond motifs is 1. The predicted molar refractivity (Wildman–Crippen MR) is 119 cm³/mol. The number of nitrogens with zero attached hydrogens (tertiary/aromatic N) is 3. The first kappa shape index (κ1) is 24.3. The smallest absolute Gasteiger partial charge is 0.350 e. The molecule has 0 unspecified atom stereocenters. The lowest BCUT2D eigenvalue weighted by atomic mass is 9.89. The van der Waals surface area contributed by atoms with Crippen molar-refractivity contribution in [3.05, 3.63) is 58.8 Å². The molecule has 0 saturated heterocycles. The summed E-state index contributed by atoms with van der Waals surface area (Å²) in [6, 6.07) is 3.34. The third-order valence-corrected chi connectivity index (χ3v) is 6.00. The Kier molecular flexibility index (Phi) is 7.08. The van der Waals surface area contributed by atoms with Gasteiger partial charge in [-0.1, -0.05) is 25.0 Å². The second kappa shape index (κ2) is 10.2. The van der Waals surface area contributed by atoms with Crippen LogP contribution in [-0.2, 0) is 15.8 Å². The molecule has 1 aromatic carbocycles. The van der Waals surface area contributed by atoms with Gasteiger partial charge in [-0.25, -0.2) is 0 Å². The van der Waals surface area contributed by atoms with Crippen molar-refractivity contribution in [1.29, 1.82) is 0 Å². The summed E-state index contributed by atoms with van der Waals surface area (Å²) >= 11 is 0. The van der Waals surface area contributed by atoms with Crippen molar-refractivity contribution < 1.29 is 27.6 Å². The summed E-state index contributed by atoms with van der Waals surface area (Å²) < 4.78 is 38.6. The van der Waals surface area contributed by atoms with Gasteiger partial charge in [0, 0.05) is 29.6 Å². The van der Waals surface area contributed by atoms with Gasteiger partial charge in [-0.2, -0.15) is 13.2 Å². The summed E-state index contributed by atoms with van der Waals surface area (Å²) in [5.41, 5.74) is 0.642. The van der Waals surface area contributed by atoms with Gasteiger partial charge in [-0.05, 0) is 42.3 Å². The Labute approximate surface area is 198 Å². The van der Waals surface area contributed by atoms with Crippen molar-refractivity contribution in [2.75, 3.05) is 6.54 Å². The molecule has 2 aliphatic carbocycles. The Morgan fingerprint density at radius 3 is 2.49 bits per heavy atom. The number of rotatable bonds is 6. The average molecular weight is 488 g/mol. The molecule has 0 spiro atoms. The maximum Gasteiger partial charge on any atom is 0.416 e. The molecule has 1 aliphatic heterocycles. The van der Waals surface area contributed by atoms with Gasteiger partial charge in [0.1, 0.15) is 5.70 Å². The molecule has 3 aliphatic rings. The Morgan fingerprint density at radius 2 is 1.74 bits per heavy atom. The topological polar surface area (TPSA) is 124 Å². The molecule has 3 N–H and O–H groups in total. The van der Waals surface area contributed by atoms with Crippen LogP contribution >= 0.6 is 0 Å². The van der Waals surface area contributed by atoms with Crippen LogP contribution in [0, 0.1) is 0 Å². The quantitative estimate of drug-likeness (QED) is 0.570. The number of carbonyl (C=O) groups is 3. The molecule has 1 fully saturated rings. The van der Waals surface area contributed by atoms with Gasteiger partial charge in [0.15, 0.2) is 0 Å². The van der Waals surface area contributed by atoms with Gasteiger partial charge in [-0.3, -0.25) is 14.4 Å². The fourth-order valence-corrected chi connectivity index (χ4v) is 4.16. The van der Waals surface area contributed by atoms with Crippen LogP contribution in [0.15, 0.2) is 63.1 Å². The molecular formula is C23H23F3N6O3. The molecule has 0 aromatic heterocycles. The maximum atomic E-state index is 12.9. The van der Waals surface area contributed by atoms with E-state index >= 15 is 0 Å². The molecule has 1 saturated carbocycles. The summed E-state index contributed by atoms with van der Waals surface area (Å²) in [5, 5.41) is 19.5. The molecule has 3 amide bonds. The van der Waals surface area contributed by atoms with E-state index in [1.54, 1.807) is 12.2 Å². The molecule has 184 valence electrons. The molecule has 0 bridgehead atoms. The highest BCUT2D eigenvalue weighted by molar-refractivity contribution is 6.09. The van der Waals surface area contributed by atoms with E-state index in [4.69, 9.17) is 0 Å². The maximum absolute atomic E-state index is 12.9. The lowest BCUT2D eigenvalue weighted by Crippen LogP contribution is -2.55. The normalized spacial score (nSPS) is 21.3. The minimum absolute atomic E-state index is 0.194. The van der Waals surface area contributed by atoms with Crippen molar-refractivity contribution in [3.8, 4) is 0 Å². The van der Waals surface area contributed by atoms with E-state index in [1.807, 2.05) is 0 Å². The number of amides is 3. The third kappa shape index (κ3) is 6.00. The van der Waals surface area contributed by atoms with Gasteiger partial charge >= 0.3 is 6.18 Å². The number of halogens is 3. The molecule has 1 aromatic rings. The fourth-order valence-electron chi connectivity index (χ4n) is 4.16. The van der Waals surface area contributed by atoms with E-state index in [0.717, 1.165) is 31.0 Å². The fraction of sp³-hybridized carbons (Fsp3) is 0.391. The highest BCUT2D eigenvalue weighted by Gasteiger charge is 2.32. The number of hydrogen-bond donors (Lipinski definition) is 3. The van der Waals surface area contributed by atoms with Crippen LogP contribution < -0.4 is 16.0 Å². The molecule has 2 atom stereocenters. The minimum Gasteiger partial charge on any atom is -0.350 e. The van der Waals surface area contributed by atoms with Crippen molar-refractivity contribution in [1.82, 2.24) is 16.0 Å². The van der Waals surface area contributed by atoms with Crippen LogP contribution in [0.2, 0.25) is 0 Å². The van der Waals surface area contributed by atoms with Gasteiger partial charge in [-0.15, -0.1) is 10.2 Å². The summed E-state index contributed by atoms with van der Waals surface area (Å²) in [5.74, 6) is -1.55. The van der Waals surface area contributed by atoms with Crippen LogP contribution in [0.1, 0.15) is 48.0 Å². The SMILES string of the molecule is O=C(CNC(=O)c1cccc(C(F)(F)F)c1)N[C@@H]1CCCC[C@@H]1NC(=O)C1=CC=C2N=NN=C2C1. The number of nitrogens with one attached hydrogen (secondary N) is 3. The van der Waals surface area contributed by atoms with Crippen LogP contribution in [0.4, 0.5) is 13.2 Å². The first-order chi connectivity index (χ1) is 16.7. The predicted octanol–water partition coefficient (Wildman–Crippen LogP) is 3.01. The van der Waals surface area contributed by atoms with Crippen LogP contribution in [-0.4, -0.2) is 42.1 Å². The summed E-state index contributed by atoms with van der Waals surface area (Å²) in [7, 11) is 0. The first-order valence-electron chi connectivity index (χ1n) is 11.1. The summed E-state index contributed by atoms with van der Waals surface area (Å²) in [6.45, 7) is -0.405. The van der Waals surface area contributed by atoms with Crippen LogP contribution in [0.3, 0.4) is 0 Å². The minimum atomic E-state index is -4.57. The summed E-state index contributed by atoms with van der Waals surface area (Å²) in [6.07, 6.45) is 2.17.